The summed E-state index contributed by atoms with van der Waals surface area (Å²) in [5.74, 6) is 0.902. The van der Waals surface area contributed by atoms with E-state index in [1.54, 1.807) is 39.5 Å². The Kier molecular flexibility index (Phi) is 4.48. The second kappa shape index (κ2) is 6.73. The lowest BCUT2D eigenvalue weighted by molar-refractivity contribution is 0.0697. The van der Waals surface area contributed by atoms with Crippen molar-refractivity contribution in [3.63, 3.8) is 0 Å². The summed E-state index contributed by atoms with van der Waals surface area (Å²) in [5, 5.41) is 11.1. The van der Waals surface area contributed by atoms with Crippen LogP contribution in [0, 0.1) is 0 Å². The van der Waals surface area contributed by atoms with Gasteiger partial charge in [-0.15, -0.1) is 0 Å². The molecule has 0 saturated carbocycles. The van der Waals surface area contributed by atoms with Crippen molar-refractivity contribution in [1.82, 2.24) is 0 Å². The van der Waals surface area contributed by atoms with E-state index in [9.17, 15) is 9.90 Å². The number of fused-ring (bicyclic) bond motifs is 1. The average Bonchev–Trinajstić information content (AvgIpc) is 2.65. The number of methoxy groups -OCH3 is 3. The molecule has 0 aliphatic heterocycles. The molecule has 0 fully saturated rings. The van der Waals surface area contributed by atoms with Crippen LogP contribution in [0.25, 0.3) is 21.9 Å². The molecule has 0 amide bonds. The molecule has 0 aliphatic carbocycles. The molecule has 0 atom stereocenters. The summed E-state index contributed by atoms with van der Waals surface area (Å²) in [6, 6.07) is 14.4. The van der Waals surface area contributed by atoms with Crippen molar-refractivity contribution in [1.29, 1.82) is 0 Å². The Hall–Kier alpha value is -3.21. The maximum atomic E-state index is 11.5. The average molecular weight is 338 g/mol. The van der Waals surface area contributed by atoms with Gasteiger partial charge in [0.15, 0.2) is 11.5 Å². The number of carboxylic acids is 1. The van der Waals surface area contributed by atoms with Crippen molar-refractivity contribution in [2.75, 3.05) is 21.3 Å². The van der Waals surface area contributed by atoms with Gasteiger partial charge in [-0.05, 0) is 58.3 Å². The highest BCUT2D eigenvalue weighted by molar-refractivity contribution is 6.04. The van der Waals surface area contributed by atoms with Crippen LogP contribution >= 0.6 is 0 Å². The first-order valence-electron chi connectivity index (χ1n) is 7.65. The molecule has 3 aromatic rings. The fourth-order valence-electron chi connectivity index (χ4n) is 2.82. The molecule has 0 spiro atoms. The fraction of sp³-hybridized carbons (Fsp3) is 0.150. The lowest BCUT2D eigenvalue weighted by Gasteiger charge is -2.14. The van der Waals surface area contributed by atoms with E-state index in [0.717, 1.165) is 27.6 Å². The van der Waals surface area contributed by atoms with Gasteiger partial charge >= 0.3 is 5.97 Å². The van der Waals surface area contributed by atoms with Crippen LogP contribution < -0.4 is 14.2 Å². The Labute approximate surface area is 145 Å². The molecule has 0 aliphatic rings. The third kappa shape index (κ3) is 3.08. The van der Waals surface area contributed by atoms with Crippen LogP contribution in [0.2, 0.25) is 0 Å². The van der Waals surface area contributed by atoms with Crippen molar-refractivity contribution >= 4 is 16.7 Å². The molecular formula is C20H18O5. The van der Waals surface area contributed by atoms with Gasteiger partial charge in [0.25, 0.3) is 0 Å². The maximum Gasteiger partial charge on any atom is 0.335 e. The summed E-state index contributed by atoms with van der Waals surface area (Å²) in [4.78, 5) is 11.5. The first-order valence-corrected chi connectivity index (χ1v) is 7.65. The number of carbonyl (C=O) groups is 1. The molecule has 128 valence electrons. The van der Waals surface area contributed by atoms with Crippen LogP contribution in [-0.2, 0) is 0 Å². The number of rotatable bonds is 5. The molecule has 0 heterocycles. The van der Waals surface area contributed by atoms with E-state index in [1.807, 2.05) is 30.3 Å². The zero-order valence-electron chi connectivity index (χ0n) is 14.2. The molecule has 0 bridgehead atoms. The van der Waals surface area contributed by atoms with Crippen LogP contribution in [0.1, 0.15) is 10.4 Å². The fourth-order valence-corrected chi connectivity index (χ4v) is 2.82. The lowest BCUT2D eigenvalue weighted by Crippen LogP contribution is -1.98. The zero-order valence-corrected chi connectivity index (χ0v) is 14.2. The number of hydrogen-bond donors (Lipinski definition) is 1. The smallest absolute Gasteiger partial charge is 0.335 e. The van der Waals surface area contributed by atoms with Gasteiger partial charge in [0, 0.05) is 0 Å². The first-order chi connectivity index (χ1) is 12.1. The van der Waals surface area contributed by atoms with Gasteiger partial charge in [-0.3, -0.25) is 0 Å². The van der Waals surface area contributed by atoms with E-state index >= 15 is 0 Å². The maximum absolute atomic E-state index is 11.5. The second-order valence-corrected chi connectivity index (χ2v) is 5.49. The van der Waals surface area contributed by atoms with E-state index in [-0.39, 0.29) is 5.56 Å². The van der Waals surface area contributed by atoms with Crippen LogP contribution in [0.5, 0.6) is 17.2 Å². The van der Waals surface area contributed by atoms with Gasteiger partial charge in [-0.1, -0.05) is 12.1 Å². The number of carboxylic acid groups (broad SMARTS) is 1. The highest BCUT2D eigenvalue weighted by Gasteiger charge is 2.14. The second-order valence-electron chi connectivity index (χ2n) is 5.49. The minimum atomic E-state index is -0.980. The zero-order chi connectivity index (χ0) is 18.0. The van der Waals surface area contributed by atoms with Crippen LogP contribution in [-0.4, -0.2) is 32.4 Å². The highest BCUT2D eigenvalue weighted by Crippen LogP contribution is 2.38. The van der Waals surface area contributed by atoms with Gasteiger partial charge < -0.3 is 19.3 Å². The lowest BCUT2D eigenvalue weighted by atomic mass is 9.95. The molecule has 0 unspecified atom stereocenters. The van der Waals surface area contributed by atoms with Gasteiger partial charge in [-0.2, -0.15) is 0 Å². The van der Waals surface area contributed by atoms with Gasteiger partial charge in [-0.25, -0.2) is 4.79 Å². The van der Waals surface area contributed by atoms with Gasteiger partial charge in [0.05, 0.1) is 26.9 Å². The molecule has 5 nitrogen and oxygen atoms in total. The third-order valence-corrected chi connectivity index (χ3v) is 4.10. The van der Waals surface area contributed by atoms with Gasteiger partial charge in [0.1, 0.15) is 5.75 Å². The summed E-state index contributed by atoms with van der Waals surface area (Å²) in [7, 11) is 4.73. The predicted molar refractivity (Wildman–Crippen MR) is 96.0 cm³/mol. The topological polar surface area (TPSA) is 65.0 Å². The molecule has 3 aromatic carbocycles. The largest absolute Gasteiger partial charge is 0.497 e. The van der Waals surface area contributed by atoms with E-state index < -0.39 is 5.97 Å². The summed E-state index contributed by atoms with van der Waals surface area (Å²) in [6.07, 6.45) is 0. The molecule has 5 heteroatoms. The summed E-state index contributed by atoms with van der Waals surface area (Å²) >= 11 is 0. The standard InChI is InChI=1S/C20H18O5/c1-23-15-6-4-12(5-7-15)16-9-14(20(21)22)8-13-10-18(24-2)19(25-3)11-17(13)16/h4-11H,1-3H3,(H,21,22). The normalized spacial score (nSPS) is 10.5. The highest BCUT2D eigenvalue weighted by atomic mass is 16.5. The molecule has 0 saturated heterocycles. The molecule has 0 radical (unpaired) electrons. The summed E-state index contributed by atoms with van der Waals surface area (Å²) < 4.78 is 15.9. The van der Waals surface area contributed by atoms with E-state index in [1.165, 1.54) is 0 Å². The van der Waals surface area contributed by atoms with Crippen LogP contribution in [0.3, 0.4) is 0 Å². The van der Waals surface area contributed by atoms with Gasteiger partial charge in [0.2, 0.25) is 0 Å². The van der Waals surface area contributed by atoms with Crippen molar-refractivity contribution in [2.24, 2.45) is 0 Å². The van der Waals surface area contributed by atoms with Crippen molar-refractivity contribution in [3.05, 3.63) is 54.1 Å². The van der Waals surface area contributed by atoms with Crippen molar-refractivity contribution < 1.29 is 24.1 Å². The Balaban J connectivity index is 2.31. The number of hydrogen-bond acceptors (Lipinski definition) is 4. The van der Waals surface area contributed by atoms with Crippen LogP contribution in [0.4, 0.5) is 0 Å². The molecule has 3 rings (SSSR count). The first kappa shape index (κ1) is 16.6. The molecule has 25 heavy (non-hydrogen) atoms. The van der Waals surface area contributed by atoms with Crippen molar-refractivity contribution in [2.45, 2.75) is 0 Å². The van der Waals surface area contributed by atoms with E-state index in [2.05, 4.69) is 0 Å². The quantitative estimate of drug-likeness (QED) is 0.754. The predicted octanol–water partition coefficient (Wildman–Crippen LogP) is 4.23. The number of ether oxygens (including phenoxy) is 3. The van der Waals surface area contributed by atoms with Crippen LogP contribution in [0.15, 0.2) is 48.5 Å². The van der Waals surface area contributed by atoms with E-state index in [4.69, 9.17) is 14.2 Å². The Morgan fingerprint density at radius 2 is 1.48 bits per heavy atom. The molecular weight excluding hydrogens is 320 g/mol. The Bertz CT molecular complexity index is 929. The third-order valence-electron chi connectivity index (χ3n) is 4.10. The monoisotopic (exact) mass is 338 g/mol. The molecule has 0 aromatic heterocycles. The SMILES string of the molecule is COc1ccc(-c2cc(C(=O)O)cc3cc(OC)c(OC)cc23)cc1. The van der Waals surface area contributed by atoms with E-state index in [0.29, 0.717) is 11.5 Å². The Morgan fingerprint density at radius 3 is 2.04 bits per heavy atom. The molecule has 1 N–H and O–H groups in total. The van der Waals surface area contributed by atoms with Crippen molar-refractivity contribution in [3.8, 4) is 28.4 Å². The Morgan fingerprint density at radius 1 is 0.840 bits per heavy atom. The number of benzene rings is 3. The minimum absolute atomic E-state index is 0.213. The summed E-state index contributed by atoms with van der Waals surface area (Å²) in [5.41, 5.74) is 1.91. The minimum Gasteiger partial charge on any atom is -0.497 e. The summed E-state index contributed by atoms with van der Waals surface area (Å²) in [6.45, 7) is 0. The number of aromatic carboxylic acids is 1.